The molecule has 0 aliphatic heterocycles. The number of nitrogens with zero attached hydrogens (tertiary/aromatic N) is 3. The van der Waals surface area contributed by atoms with Crippen LogP contribution >= 0.6 is 0 Å². The molecule has 11 heteroatoms. The molecule has 184 valence electrons. The number of anilines is 2. The van der Waals surface area contributed by atoms with Crippen molar-refractivity contribution in [3.8, 4) is 28.7 Å². The van der Waals surface area contributed by atoms with Crippen molar-refractivity contribution in [2.75, 3.05) is 11.1 Å². The Morgan fingerprint density at radius 3 is 2.50 bits per heavy atom. The Hall–Kier alpha value is -4.59. The van der Waals surface area contributed by atoms with Gasteiger partial charge in [0.25, 0.3) is 5.91 Å². The summed E-state index contributed by atoms with van der Waals surface area (Å²) in [6.07, 6.45) is -1.88. The molecule has 4 rings (SSSR count). The summed E-state index contributed by atoms with van der Waals surface area (Å²) in [5.74, 6) is 0.672. The molecule has 0 atom stereocenters. The molecule has 2 aromatic carbocycles. The van der Waals surface area contributed by atoms with Gasteiger partial charge in [0.1, 0.15) is 41.1 Å². The molecule has 8 nitrogen and oxygen atoms in total. The van der Waals surface area contributed by atoms with Crippen LogP contribution < -0.4 is 21.1 Å². The lowest BCUT2D eigenvalue weighted by molar-refractivity contribution is -0.137. The van der Waals surface area contributed by atoms with Gasteiger partial charge in [-0.25, -0.2) is 9.97 Å². The van der Waals surface area contributed by atoms with E-state index in [4.69, 9.17) is 15.7 Å². The maximum absolute atomic E-state index is 12.9. The number of carbonyl (C=O) groups excluding carboxylic acids is 1. The van der Waals surface area contributed by atoms with E-state index < -0.39 is 17.6 Å². The second-order valence-corrected chi connectivity index (χ2v) is 8.21. The molecule has 4 N–H and O–H groups in total. The summed E-state index contributed by atoms with van der Waals surface area (Å²) < 4.78 is 44.4. The van der Waals surface area contributed by atoms with Crippen molar-refractivity contribution in [1.82, 2.24) is 15.3 Å². The van der Waals surface area contributed by atoms with Crippen LogP contribution in [0.4, 0.5) is 24.8 Å². The largest absolute Gasteiger partial charge is 0.457 e. The van der Waals surface area contributed by atoms with Crippen LogP contribution in [0.15, 0.2) is 67.0 Å². The summed E-state index contributed by atoms with van der Waals surface area (Å²) in [6, 6.07) is 12.9. The lowest BCUT2D eigenvalue weighted by Gasteiger charge is -2.36. The van der Waals surface area contributed by atoms with E-state index in [1.54, 1.807) is 30.3 Å². The lowest BCUT2D eigenvalue weighted by Crippen LogP contribution is -2.50. The molecular weight excluding hydrogens is 473 g/mol. The van der Waals surface area contributed by atoms with E-state index in [0.29, 0.717) is 35.5 Å². The van der Waals surface area contributed by atoms with E-state index >= 15 is 0 Å². The maximum atomic E-state index is 12.9. The third-order valence-electron chi connectivity index (χ3n) is 5.64. The van der Waals surface area contributed by atoms with Crippen LogP contribution in [0, 0.1) is 11.3 Å². The second-order valence-electron chi connectivity index (χ2n) is 8.21. The molecule has 3 aromatic rings. The highest BCUT2D eigenvalue weighted by atomic mass is 19.4. The summed E-state index contributed by atoms with van der Waals surface area (Å²) in [6.45, 7) is 3.40. The fraction of sp³-hybridized carbons (Fsp3) is 0.200. The van der Waals surface area contributed by atoms with Gasteiger partial charge in [-0.1, -0.05) is 24.8 Å². The first-order valence-corrected chi connectivity index (χ1v) is 10.9. The Morgan fingerprint density at radius 2 is 1.83 bits per heavy atom. The Morgan fingerprint density at radius 1 is 1.11 bits per heavy atom. The van der Waals surface area contributed by atoms with E-state index in [1.165, 1.54) is 18.5 Å². The molecule has 0 saturated heterocycles. The normalized spacial score (nSPS) is 16.8. The van der Waals surface area contributed by atoms with Crippen LogP contribution in [0.5, 0.6) is 11.5 Å². The minimum Gasteiger partial charge on any atom is -0.457 e. The summed E-state index contributed by atoms with van der Waals surface area (Å²) in [7, 11) is 0. The Balaban J connectivity index is 1.44. The van der Waals surface area contributed by atoms with E-state index in [9.17, 15) is 18.0 Å². The molecule has 1 amide bonds. The summed E-state index contributed by atoms with van der Waals surface area (Å²) >= 11 is 0. The zero-order valence-corrected chi connectivity index (χ0v) is 18.8. The Bertz CT molecular complexity index is 1330. The first-order chi connectivity index (χ1) is 17.1. The number of hydrogen-bond donors (Lipinski definition) is 3. The number of nitrogens with one attached hydrogen (secondary N) is 2. The van der Waals surface area contributed by atoms with E-state index in [-0.39, 0.29) is 29.2 Å². The highest BCUT2D eigenvalue weighted by Gasteiger charge is 2.32. The number of rotatable bonds is 7. The lowest BCUT2D eigenvalue weighted by atomic mass is 9.86. The minimum atomic E-state index is -4.46. The number of carbonyl (C=O) groups is 1. The van der Waals surface area contributed by atoms with Gasteiger partial charge in [0.2, 0.25) is 0 Å². The van der Waals surface area contributed by atoms with Gasteiger partial charge >= 0.3 is 6.18 Å². The number of nitriles is 1. The number of benzene rings is 2. The quantitative estimate of drug-likeness (QED) is 0.322. The third kappa shape index (κ3) is 5.55. The molecule has 0 spiro atoms. The van der Waals surface area contributed by atoms with Gasteiger partial charge in [0.15, 0.2) is 0 Å². The molecule has 0 unspecified atom stereocenters. The summed E-state index contributed by atoms with van der Waals surface area (Å²) in [4.78, 5) is 20.1. The second kappa shape index (κ2) is 9.95. The molecule has 1 saturated carbocycles. The van der Waals surface area contributed by atoms with Crippen molar-refractivity contribution in [3.05, 3.63) is 72.6 Å². The number of alkyl halides is 3. The van der Waals surface area contributed by atoms with Crippen LogP contribution in [0.2, 0.25) is 0 Å². The van der Waals surface area contributed by atoms with Crippen LogP contribution in [0.3, 0.4) is 0 Å². The van der Waals surface area contributed by atoms with Crippen molar-refractivity contribution in [3.63, 3.8) is 0 Å². The van der Waals surface area contributed by atoms with Crippen molar-refractivity contribution in [2.24, 2.45) is 0 Å². The third-order valence-corrected chi connectivity index (χ3v) is 5.64. The SMILES string of the molecule is C=C(C#N)C(=O)N[C@H]1C[C@@H](Nc2ncnc(N)c2-c2ccc(Oc3cccc(C(F)(F)F)c3)cc2)C1. The average molecular weight is 494 g/mol. The van der Waals surface area contributed by atoms with E-state index in [1.807, 2.05) is 0 Å². The topological polar surface area (TPSA) is 126 Å². The fourth-order valence-electron chi connectivity index (χ4n) is 3.73. The highest BCUT2D eigenvalue weighted by Crippen LogP contribution is 2.36. The molecule has 1 aliphatic carbocycles. The van der Waals surface area contributed by atoms with Crippen molar-refractivity contribution >= 4 is 17.5 Å². The first-order valence-electron chi connectivity index (χ1n) is 10.9. The molecule has 0 bridgehead atoms. The monoisotopic (exact) mass is 494 g/mol. The van der Waals surface area contributed by atoms with Crippen molar-refractivity contribution in [2.45, 2.75) is 31.1 Å². The van der Waals surface area contributed by atoms with Crippen molar-refractivity contribution < 1.29 is 22.7 Å². The van der Waals surface area contributed by atoms with Crippen LogP contribution in [-0.2, 0) is 11.0 Å². The van der Waals surface area contributed by atoms with Gasteiger partial charge in [-0.2, -0.15) is 18.4 Å². The first kappa shape index (κ1) is 24.5. The van der Waals surface area contributed by atoms with Gasteiger partial charge in [-0.15, -0.1) is 0 Å². The van der Waals surface area contributed by atoms with Gasteiger partial charge in [0.05, 0.1) is 11.1 Å². The number of halogens is 3. The zero-order chi connectivity index (χ0) is 25.9. The van der Waals surface area contributed by atoms with Crippen LogP contribution in [-0.4, -0.2) is 28.0 Å². The number of aromatic nitrogens is 2. The maximum Gasteiger partial charge on any atom is 0.416 e. The van der Waals surface area contributed by atoms with Gasteiger partial charge in [-0.3, -0.25) is 4.79 Å². The molecule has 1 aliphatic rings. The summed E-state index contributed by atoms with van der Waals surface area (Å²) in [5.41, 5.74) is 6.43. The fourth-order valence-corrected chi connectivity index (χ4v) is 3.73. The number of amides is 1. The number of hydrogen-bond acceptors (Lipinski definition) is 7. The molecular formula is C25H21F3N6O2. The molecule has 0 radical (unpaired) electrons. The molecule has 1 heterocycles. The molecule has 1 aromatic heterocycles. The number of nitrogen functional groups attached to an aromatic ring is 1. The smallest absolute Gasteiger partial charge is 0.416 e. The summed E-state index contributed by atoms with van der Waals surface area (Å²) in [5, 5.41) is 14.8. The number of ether oxygens (including phenoxy) is 1. The predicted molar refractivity (Wildman–Crippen MR) is 127 cm³/mol. The zero-order valence-electron chi connectivity index (χ0n) is 18.8. The average Bonchev–Trinajstić information content (AvgIpc) is 2.82. The molecule has 36 heavy (non-hydrogen) atoms. The van der Waals surface area contributed by atoms with Crippen molar-refractivity contribution in [1.29, 1.82) is 5.26 Å². The predicted octanol–water partition coefficient (Wildman–Crippen LogP) is 4.68. The minimum absolute atomic E-state index is 0.0159. The Labute approximate surface area is 204 Å². The Kier molecular flexibility index (Phi) is 6.78. The standard InChI is InChI=1S/C25H21F3N6O2/c1-14(12-29)24(35)34-18-10-17(11-18)33-23-21(22(30)31-13-32-23)15-5-7-19(8-6-15)36-20-4-2-3-16(9-20)25(26,27)28/h2-9,13,17-18H,1,10-11H2,(H,34,35)(H3,30,31,32,33)/t17-,18+. The van der Waals surface area contributed by atoms with Gasteiger partial charge in [-0.05, 0) is 48.7 Å². The van der Waals surface area contributed by atoms with Crippen LogP contribution in [0.1, 0.15) is 18.4 Å². The highest BCUT2D eigenvalue weighted by molar-refractivity contribution is 5.96. The van der Waals surface area contributed by atoms with Gasteiger partial charge in [0, 0.05) is 12.1 Å². The van der Waals surface area contributed by atoms with Gasteiger partial charge < -0.3 is 21.1 Å². The van der Waals surface area contributed by atoms with Crippen LogP contribution in [0.25, 0.3) is 11.1 Å². The molecule has 1 fully saturated rings. The van der Waals surface area contributed by atoms with E-state index in [0.717, 1.165) is 12.1 Å². The number of nitrogens with two attached hydrogens (primary N) is 1. The van der Waals surface area contributed by atoms with E-state index in [2.05, 4.69) is 27.2 Å².